The minimum absolute atomic E-state index is 0.0760. The van der Waals surface area contributed by atoms with Crippen molar-refractivity contribution in [3.05, 3.63) is 0 Å². The maximum Gasteiger partial charge on any atom is 0.407 e. The third kappa shape index (κ3) is 2.33. The summed E-state index contributed by atoms with van der Waals surface area (Å²) < 4.78 is 27.1. The third-order valence-electron chi connectivity index (χ3n) is 4.70. The Morgan fingerprint density at radius 3 is 2.42 bits per heavy atom. The average molecular weight is 291 g/mol. The van der Waals surface area contributed by atoms with Gasteiger partial charge in [0.1, 0.15) is 0 Å². The van der Waals surface area contributed by atoms with Gasteiger partial charge in [-0.1, -0.05) is 20.8 Å². The van der Waals surface area contributed by atoms with Gasteiger partial charge in [-0.15, -0.1) is 0 Å². The first-order valence-corrected chi connectivity index (χ1v) is 8.13. The Morgan fingerprint density at radius 1 is 1.47 bits per heavy atom. The van der Waals surface area contributed by atoms with Gasteiger partial charge in [0.25, 0.3) is 10.1 Å². The van der Waals surface area contributed by atoms with Crippen LogP contribution in [0.2, 0.25) is 0 Å². The second-order valence-electron chi connectivity index (χ2n) is 6.66. The van der Waals surface area contributed by atoms with Crippen molar-refractivity contribution in [2.75, 3.05) is 26.0 Å². The van der Waals surface area contributed by atoms with Gasteiger partial charge in [-0.3, -0.25) is 4.18 Å². The van der Waals surface area contributed by atoms with E-state index in [1.54, 1.807) is 0 Å². The number of likely N-dealkylation sites (tertiary alicyclic amines) is 1. The van der Waals surface area contributed by atoms with E-state index in [9.17, 15) is 13.2 Å². The van der Waals surface area contributed by atoms with Crippen molar-refractivity contribution < 1.29 is 22.5 Å². The zero-order valence-electron chi connectivity index (χ0n) is 11.7. The van der Waals surface area contributed by atoms with E-state index in [-0.39, 0.29) is 29.3 Å². The fraction of sp³-hybridized carbons (Fsp3) is 0.917. The Bertz CT molecular complexity index is 495. The summed E-state index contributed by atoms with van der Waals surface area (Å²) in [6.07, 6.45) is 0.136. The molecule has 0 spiro atoms. The van der Waals surface area contributed by atoms with Crippen LogP contribution in [-0.4, -0.2) is 50.5 Å². The summed E-state index contributed by atoms with van der Waals surface area (Å²) in [6, 6.07) is 0. The molecule has 1 heterocycles. The first-order chi connectivity index (χ1) is 8.49. The highest BCUT2D eigenvalue weighted by molar-refractivity contribution is 7.85. The van der Waals surface area contributed by atoms with Crippen molar-refractivity contribution in [1.82, 2.24) is 4.90 Å². The Balaban J connectivity index is 2.12. The monoisotopic (exact) mass is 291 g/mol. The zero-order chi connectivity index (χ0) is 14.6. The summed E-state index contributed by atoms with van der Waals surface area (Å²) in [6.45, 7) is 7.33. The van der Waals surface area contributed by atoms with E-state index >= 15 is 0 Å². The van der Waals surface area contributed by atoms with E-state index in [1.807, 2.05) is 0 Å². The predicted octanol–water partition coefficient (Wildman–Crippen LogP) is 1.23. The van der Waals surface area contributed by atoms with E-state index in [2.05, 4.69) is 20.8 Å². The first kappa shape index (κ1) is 14.6. The lowest BCUT2D eigenvalue weighted by molar-refractivity contribution is 0.113. The van der Waals surface area contributed by atoms with Crippen LogP contribution in [0.4, 0.5) is 4.79 Å². The van der Waals surface area contributed by atoms with Crippen molar-refractivity contribution in [2.45, 2.75) is 20.8 Å². The molecule has 0 unspecified atom stereocenters. The molecule has 1 N–H and O–H groups in total. The number of hydrogen-bond acceptors (Lipinski definition) is 4. The molecule has 0 radical (unpaired) electrons. The molecule has 1 aliphatic heterocycles. The van der Waals surface area contributed by atoms with Crippen LogP contribution in [0.5, 0.6) is 0 Å². The molecular formula is C12H21NO5S. The standard InChI is InChI=1S/C12H21NO5S/c1-11(2,3)12-7-13(10(14)15)5-8(12)9(12)6-18-19(4,16)17/h8-9H,5-7H2,1-4H3,(H,14,15)/t8-,9+,12-/m0/s1. The average Bonchev–Trinajstić information content (AvgIpc) is 2.63. The molecule has 19 heavy (non-hydrogen) atoms. The molecule has 0 aromatic rings. The van der Waals surface area contributed by atoms with Crippen LogP contribution in [-0.2, 0) is 14.3 Å². The molecule has 0 aromatic heterocycles. The smallest absolute Gasteiger partial charge is 0.407 e. The van der Waals surface area contributed by atoms with Crippen LogP contribution < -0.4 is 0 Å². The molecule has 2 rings (SSSR count). The normalized spacial score (nSPS) is 34.2. The number of amides is 1. The molecular weight excluding hydrogens is 270 g/mol. The van der Waals surface area contributed by atoms with Gasteiger partial charge in [0, 0.05) is 18.5 Å². The summed E-state index contributed by atoms with van der Waals surface area (Å²) >= 11 is 0. The molecule has 0 bridgehead atoms. The SMILES string of the molecule is CC(C)(C)[C@@]12CN(C(=O)O)C[C@H]1[C@H]2COS(C)(=O)=O. The van der Waals surface area contributed by atoms with Crippen molar-refractivity contribution >= 4 is 16.2 Å². The number of carbonyl (C=O) groups is 1. The lowest BCUT2D eigenvalue weighted by Gasteiger charge is -2.32. The maximum atomic E-state index is 11.1. The summed E-state index contributed by atoms with van der Waals surface area (Å²) in [5, 5.41) is 9.08. The van der Waals surface area contributed by atoms with E-state index in [4.69, 9.17) is 9.29 Å². The van der Waals surface area contributed by atoms with Gasteiger partial charge in [0.05, 0.1) is 12.9 Å². The number of nitrogens with zero attached hydrogens (tertiary/aromatic N) is 1. The second-order valence-corrected chi connectivity index (χ2v) is 8.30. The third-order valence-corrected chi connectivity index (χ3v) is 5.26. The number of carboxylic acid groups (broad SMARTS) is 1. The van der Waals surface area contributed by atoms with Gasteiger partial charge in [-0.05, 0) is 17.3 Å². The van der Waals surface area contributed by atoms with Gasteiger partial charge in [0.15, 0.2) is 0 Å². The lowest BCUT2D eigenvalue weighted by atomic mass is 9.75. The molecule has 1 saturated carbocycles. The van der Waals surface area contributed by atoms with E-state index in [0.717, 1.165) is 6.26 Å². The van der Waals surface area contributed by atoms with Gasteiger partial charge in [-0.2, -0.15) is 8.42 Å². The van der Waals surface area contributed by atoms with Gasteiger partial charge in [-0.25, -0.2) is 4.79 Å². The van der Waals surface area contributed by atoms with E-state index in [0.29, 0.717) is 13.1 Å². The molecule has 1 aliphatic carbocycles. The number of rotatable bonds is 3. The van der Waals surface area contributed by atoms with E-state index in [1.165, 1.54) is 4.90 Å². The summed E-state index contributed by atoms with van der Waals surface area (Å²) in [5.41, 5.74) is -0.233. The van der Waals surface area contributed by atoms with Crippen LogP contribution in [0, 0.1) is 22.7 Å². The lowest BCUT2D eigenvalue weighted by Crippen LogP contribution is -2.37. The van der Waals surface area contributed by atoms with Gasteiger partial charge in [0.2, 0.25) is 0 Å². The summed E-state index contributed by atoms with van der Waals surface area (Å²) in [5.74, 6) is 0.322. The molecule has 2 aliphatic rings. The summed E-state index contributed by atoms with van der Waals surface area (Å²) in [4.78, 5) is 12.5. The highest BCUT2D eigenvalue weighted by Gasteiger charge is 2.73. The Hall–Kier alpha value is -0.820. The van der Waals surface area contributed by atoms with Crippen LogP contribution in [0.25, 0.3) is 0 Å². The maximum absolute atomic E-state index is 11.1. The zero-order valence-corrected chi connectivity index (χ0v) is 12.5. The predicted molar refractivity (Wildman–Crippen MR) is 69.3 cm³/mol. The van der Waals surface area contributed by atoms with E-state index < -0.39 is 16.2 Å². The number of piperidine rings is 1. The van der Waals surface area contributed by atoms with Gasteiger partial charge >= 0.3 is 6.09 Å². The molecule has 6 nitrogen and oxygen atoms in total. The molecule has 2 fully saturated rings. The minimum Gasteiger partial charge on any atom is -0.465 e. The van der Waals surface area contributed by atoms with Crippen LogP contribution in [0.1, 0.15) is 20.8 Å². The van der Waals surface area contributed by atoms with Crippen LogP contribution >= 0.6 is 0 Å². The fourth-order valence-electron chi connectivity index (χ4n) is 3.70. The molecule has 0 aromatic carbocycles. The largest absolute Gasteiger partial charge is 0.465 e. The van der Waals surface area contributed by atoms with Crippen molar-refractivity contribution in [3.8, 4) is 0 Å². The topological polar surface area (TPSA) is 83.9 Å². The Morgan fingerprint density at radius 2 is 2.05 bits per heavy atom. The van der Waals surface area contributed by atoms with Crippen LogP contribution in [0.15, 0.2) is 0 Å². The Labute approximate surface area is 113 Å². The molecule has 110 valence electrons. The molecule has 1 saturated heterocycles. The molecule has 1 amide bonds. The molecule has 3 atom stereocenters. The highest BCUT2D eigenvalue weighted by atomic mass is 32.2. The minimum atomic E-state index is -3.44. The van der Waals surface area contributed by atoms with Gasteiger partial charge < -0.3 is 10.0 Å². The summed E-state index contributed by atoms with van der Waals surface area (Å²) in [7, 11) is -3.44. The molecule has 7 heteroatoms. The second kappa shape index (κ2) is 4.09. The quantitative estimate of drug-likeness (QED) is 0.791. The fourth-order valence-corrected chi connectivity index (χ4v) is 4.10. The number of hydrogen-bond donors (Lipinski definition) is 1. The first-order valence-electron chi connectivity index (χ1n) is 6.31. The Kier molecular flexibility index (Phi) is 3.14. The van der Waals surface area contributed by atoms with Crippen molar-refractivity contribution in [2.24, 2.45) is 22.7 Å². The van der Waals surface area contributed by atoms with Crippen molar-refractivity contribution in [3.63, 3.8) is 0 Å². The van der Waals surface area contributed by atoms with Crippen molar-refractivity contribution in [1.29, 1.82) is 0 Å². The van der Waals surface area contributed by atoms with Crippen LogP contribution in [0.3, 0.4) is 0 Å². The highest BCUT2D eigenvalue weighted by Crippen LogP contribution is 2.71. The number of fused-ring (bicyclic) bond motifs is 1.